The van der Waals surface area contributed by atoms with Crippen LogP contribution in [0, 0.1) is 5.82 Å². The molecular weight excluding hydrogens is 201 g/mol. The Morgan fingerprint density at radius 1 is 0.938 bits per heavy atom. The summed E-state index contributed by atoms with van der Waals surface area (Å²) >= 11 is 0. The van der Waals surface area contributed by atoms with Gasteiger partial charge in [-0.15, -0.1) is 0 Å². The van der Waals surface area contributed by atoms with Crippen molar-refractivity contribution < 1.29 is 4.39 Å². The zero-order valence-electron chi connectivity index (χ0n) is 9.15. The maximum Gasteiger partial charge on any atom is 0.128 e. The van der Waals surface area contributed by atoms with Crippen LogP contribution < -0.4 is 5.32 Å². The maximum atomic E-state index is 13.5. The van der Waals surface area contributed by atoms with Crippen LogP contribution >= 0.6 is 0 Å². The summed E-state index contributed by atoms with van der Waals surface area (Å²) in [5.41, 5.74) is 1.68. The first kappa shape index (κ1) is 10.7. The standard InChI is InChI=1S/C14H14FN/c1-11(13-9-5-6-10-14(13)15)16-12-7-3-2-4-8-12/h2-11,16H,1H3. The molecule has 0 radical (unpaired) electrons. The number of halogens is 1. The van der Waals surface area contributed by atoms with Crippen molar-refractivity contribution in [2.45, 2.75) is 13.0 Å². The van der Waals surface area contributed by atoms with E-state index in [0.29, 0.717) is 5.56 Å². The van der Waals surface area contributed by atoms with Gasteiger partial charge in [0.1, 0.15) is 5.82 Å². The zero-order valence-corrected chi connectivity index (χ0v) is 9.15. The minimum absolute atomic E-state index is 0.0383. The number of anilines is 1. The molecule has 82 valence electrons. The molecule has 1 N–H and O–H groups in total. The highest BCUT2D eigenvalue weighted by molar-refractivity contribution is 5.45. The van der Waals surface area contributed by atoms with E-state index in [4.69, 9.17) is 0 Å². The summed E-state index contributed by atoms with van der Waals surface area (Å²) < 4.78 is 13.5. The molecule has 0 spiro atoms. The Hall–Kier alpha value is -1.83. The van der Waals surface area contributed by atoms with E-state index in [0.717, 1.165) is 5.69 Å². The van der Waals surface area contributed by atoms with Gasteiger partial charge in [0.2, 0.25) is 0 Å². The Balaban J connectivity index is 2.15. The van der Waals surface area contributed by atoms with Crippen LogP contribution in [0.3, 0.4) is 0 Å². The van der Waals surface area contributed by atoms with E-state index in [-0.39, 0.29) is 11.9 Å². The van der Waals surface area contributed by atoms with Crippen LogP contribution in [0.15, 0.2) is 54.6 Å². The van der Waals surface area contributed by atoms with Crippen molar-refractivity contribution >= 4 is 5.69 Å². The van der Waals surface area contributed by atoms with Crippen LogP contribution in [0.5, 0.6) is 0 Å². The van der Waals surface area contributed by atoms with E-state index >= 15 is 0 Å². The van der Waals surface area contributed by atoms with Crippen LogP contribution in [0.4, 0.5) is 10.1 Å². The van der Waals surface area contributed by atoms with Crippen molar-refractivity contribution in [2.75, 3.05) is 5.32 Å². The molecule has 0 saturated carbocycles. The van der Waals surface area contributed by atoms with Crippen LogP contribution in [0.2, 0.25) is 0 Å². The number of hydrogen-bond donors (Lipinski definition) is 1. The highest BCUT2D eigenvalue weighted by Crippen LogP contribution is 2.20. The SMILES string of the molecule is CC(Nc1ccccc1)c1ccccc1F. The Morgan fingerprint density at radius 3 is 2.25 bits per heavy atom. The molecule has 2 aromatic rings. The van der Waals surface area contributed by atoms with Crippen molar-refractivity contribution in [3.63, 3.8) is 0 Å². The molecule has 0 aliphatic carbocycles. The van der Waals surface area contributed by atoms with Crippen molar-refractivity contribution in [2.24, 2.45) is 0 Å². The minimum atomic E-state index is -0.168. The lowest BCUT2D eigenvalue weighted by molar-refractivity contribution is 0.600. The van der Waals surface area contributed by atoms with Gasteiger partial charge in [-0.3, -0.25) is 0 Å². The number of rotatable bonds is 3. The van der Waals surface area contributed by atoms with E-state index in [1.54, 1.807) is 12.1 Å². The molecular formula is C14H14FN. The van der Waals surface area contributed by atoms with Crippen LogP contribution in [0.1, 0.15) is 18.5 Å². The van der Waals surface area contributed by atoms with Gasteiger partial charge < -0.3 is 5.32 Å². The monoisotopic (exact) mass is 215 g/mol. The Kier molecular flexibility index (Phi) is 3.20. The molecule has 0 amide bonds. The summed E-state index contributed by atoms with van der Waals surface area (Å²) in [6.07, 6.45) is 0. The van der Waals surface area contributed by atoms with Gasteiger partial charge in [0.05, 0.1) is 6.04 Å². The summed E-state index contributed by atoms with van der Waals surface area (Å²) in [7, 11) is 0. The smallest absolute Gasteiger partial charge is 0.128 e. The van der Waals surface area contributed by atoms with Gasteiger partial charge in [-0.1, -0.05) is 36.4 Å². The number of para-hydroxylation sites is 1. The van der Waals surface area contributed by atoms with Gasteiger partial charge >= 0.3 is 0 Å². The molecule has 2 aromatic carbocycles. The number of benzene rings is 2. The molecule has 0 aliphatic rings. The maximum absolute atomic E-state index is 13.5. The Morgan fingerprint density at radius 2 is 1.56 bits per heavy atom. The molecule has 0 aromatic heterocycles. The molecule has 0 aliphatic heterocycles. The van der Waals surface area contributed by atoms with E-state index < -0.39 is 0 Å². The van der Waals surface area contributed by atoms with E-state index in [1.165, 1.54) is 6.07 Å². The third-order valence-electron chi connectivity index (χ3n) is 2.53. The molecule has 1 nitrogen and oxygen atoms in total. The van der Waals surface area contributed by atoms with Gasteiger partial charge in [-0.25, -0.2) is 4.39 Å². The predicted molar refractivity (Wildman–Crippen MR) is 64.9 cm³/mol. The highest BCUT2D eigenvalue weighted by Gasteiger charge is 2.09. The normalized spacial score (nSPS) is 12.1. The summed E-state index contributed by atoms with van der Waals surface area (Å²) in [5.74, 6) is -0.168. The molecule has 0 heterocycles. The molecule has 0 fully saturated rings. The van der Waals surface area contributed by atoms with E-state index in [2.05, 4.69) is 5.32 Å². The Bertz CT molecular complexity index is 453. The lowest BCUT2D eigenvalue weighted by Gasteiger charge is -2.16. The average Bonchev–Trinajstić information content (AvgIpc) is 2.31. The number of nitrogens with one attached hydrogen (secondary N) is 1. The first-order valence-electron chi connectivity index (χ1n) is 5.33. The molecule has 16 heavy (non-hydrogen) atoms. The molecule has 1 unspecified atom stereocenters. The second-order valence-electron chi connectivity index (χ2n) is 3.75. The van der Waals surface area contributed by atoms with Crippen molar-refractivity contribution in [1.82, 2.24) is 0 Å². The predicted octanol–water partition coefficient (Wildman–Crippen LogP) is 4.00. The van der Waals surface area contributed by atoms with Gasteiger partial charge in [0, 0.05) is 11.3 Å². The average molecular weight is 215 g/mol. The fourth-order valence-electron chi connectivity index (χ4n) is 1.69. The third-order valence-corrected chi connectivity index (χ3v) is 2.53. The van der Waals surface area contributed by atoms with E-state index in [9.17, 15) is 4.39 Å². The summed E-state index contributed by atoms with van der Waals surface area (Å²) in [6.45, 7) is 1.95. The van der Waals surface area contributed by atoms with Crippen LogP contribution in [0.25, 0.3) is 0 Å². The first-order valence-corrected chi connectivity index (χ1v) is 5.33. The van der Waals surface area contributed by atoms with Crippen LogP contribution in [-0.4, -0.2) is 0 Å². The van der Waals surface area contributed by atoms with Crippen molar-refractivity contribution in [3.05, 3.63) is 66.0 Å². The van der Waals surface area contributed by atoms with Gasteiger partial charge in [-0.2, -0.15) is 0 Å². The Labute approximate surface area is 94.9 Å². The summed E-state index contributed by atoms with van der Waals surface area (Å²) in [4.78, 5) is 0. The fourth-order valence-corrected chi connectivity index (χ4v) is 1.69. The molecule has 1 atom stereocenters. The molecule has 0 bridgehead atoms. The molecule has 2 heteroatoms. The van der Waals surface area contributed by atoms with E-state index in [1.807, 2.05) is 43.3 Å². The quantitative estimate of drug-likeness (QED) is 0.816. The fraction of sp³-hybridized carbons (Fsp3) is 0.143. The largest absolute Gasteiger partial charge is 0.378 e. The van der Waals surface area contributed by atoms with Gasteiger partial charge in [0.25, 0.3) is 0 Å². The summed E-state index contributed by atoms with van der Waals surface area (Å²) in [5, 5.41) is 3.26. The van der Waals surface area contributed by atoms with Gasteiger partial charge in [-0.05, 0) is 25.1 Å². The van der Waals surface area contributed by atoms with Crippen molar-refractivity contribution in [1.29, 1.82) is 0 Å². The van der Waals surface area contributed by atoms with Gasteiger partial charge in [0.15, 0.2) is 0 Å². The minimum Gasteiger partial charge on any atom is -0.378 e. The van der Waals surface area contributed by atoms with Crippen LogP contribution in [-0.2, 0) is 0 Å². The zero-order chi connectivity index (χ0) is 11.4. The second-order valence-corrected chi connectivity index (χ2v) is 3.75. The lowest BCUT2D eigenvalue weighted by Crippen LogP contribution is -2.08. The lowest BCUT2D eigenvalue weighted by atomic mass is 10.1. The third kappa shape index (κ3) is 2.40. The van der Waals surface area contributed by atoms with Crippen molar-refractivity contribution in [3.8, 4) is 0 Å². The second kappa shape index (κ2) is 4.79. The molecule has 0 saturated heterocycles. The first-order chi connectivity index (χ1) is 7.77. The topological polar surface area (TPSA) is 12.0 Å². The highest BCUT2D eigenvalue weighted by atomic mass is 19.1. The summed E-state index contributed by atoms with van der Waals surface area (Å²) in [6, 6.07) is 16.6. The molecule has 2 rings (SSSR count). The number of hydrogen-bond acceptors (Lipinski definition) is 1.